The molecule has 0 spiro atoms. The Morgan fingerprint density at radius 2 is 1.60 bits per heavy atom. The zero-order valence-electron chi connectivity index (χ0n) is 17.9. The van der Waals surface area contributed by atoms with E-state index >= 15 is 0 Å². The van der Waals surface area contributed by atoms with Gasteiger partial charge in [-0.2, -0.15) is 4.90 Å². The number of rotatable bonds is 3. The van der Waals surface area contributed by atoms with Crippen LogP contribution < -0.4 is 4.90 Å². The van der Waals surface area contributed by atoms with Crippen molar-refractivity contribution in [1.82, 2.24) is 15.0 Å². The van der Waals surface area contributed by atoms with Crippen molar-refractivity contribution in [2.45, 2.75) is 52.7 Å². The number of anilines is 1. The molecule has 9 heteroatoms. The van der Waals surface area contributed by atoms with Gasteiger partial charge in [0.2, 0.25) is 0 Å². The zero-order chi connectivity index (χ0) is 22.7. The number of hydrogen-bond donors (Lipinski definition) is 0. The van der Waals surface area contributed by atoms with E-state index in [-0.39, 0.29) is 17.2 Å². The first kappa shape index (κ1) is 22.9. The van der Waals surface area contributed by atoms with Crippen LogP contribution in [0, 0.1) is 5.82 Å². The number of amides is 2. The number of carbonyl (C=O) groups is 2. The van der Waals surface area contributed by atoms with Crippen molar-refractivity contribution < 1.29 is 23.5 Å². The van der Waals surface area contributed by atoms with Gasteiger partial charge in [0.15, 0.2) is 5.82 Å². The molecule has 2 aromatic heterocycles. The predicted octanol–water partition coefficient (Wildman–Crippen LogP) is 5.00. The number of halogens is 1. The summed E-state index contributed by atoms with van der Waals surface area (Å²) in [5, 5.41) is 0. The summed E-state index contributed by atoms with van der Waals surface area (Å²) in [6, 6.07) is 1.24. The molecule has 0 aromatic carbocycles. The molecule has 0 aliphatic carbocycles. The lowest BCUT2D eigenvalue weighted by Crippen LogP contribution is -2.44. The Kier molecular flexibility index (Phi) is 6.54. The second-order valence-corrected chi connectivity index (χ2v) is 8.36. The van der Waals surface area contributed by atoms with Crippen molar-refractivity contribution >= 4 is 24.1 Å². The van der Waals surface area contributed by atoms with E-state index < -0.39 is 29.2 Å². The zero-order valence-corrected chi connectivity index (χ0v) is 17.9. The summed E-state index contributed by atoms with van der Waals surface area (Å²) in [5.74, 6) is -0.663. The summed E-state index contributed by atoms with van der Waals surface area (Å²) in [7, 11) is 0. The van der Waals surface area contributed by atoms with Crippen molar-refractivity contribution in [3.05, 3.63) is 42.7 Å². The van der Waals surface area contributed by atoms with Gasteiger partial charge in [-0.1, -0.05) is 6.58 Å². The molecule has 0 saturated heterocycles. The van der Waals surface area contributed by atoms with Gasteiger partial charge >= 0.3 is 12.2 Å². The van der Waals surface area contributed by atoms with E-state index in [2.05, 4.69) is 21.5 Å². The van der Waals surface area contributed by atoms with Crippen LogP contribution in [0.2, 0.25) is 0 Å². The number of aromatic nitrogens is 3. The molecule has 0 fully saturated rings. The molecule has 2 aromatic rings. The maximum absolute atomic E-state index is 13.5. The van der Waals surface area contributed by atoms with Crippen LogP contribution in [0.1, 0.15) is 47.2 Å². The van der Waals surface area contributed by atoms with Gasteiger partial charge < -0.3 is 9.47 Å². The number of imide groups is 1. The maximum Gasteiger partial charge on any atom is 0.425 e. The Balaban J connectivity index is 2.54. The van der Waals surface area contributed by atoms with E-state index in [0.29, 0.717) is 10.5 Å². The molecule has 2 rings (SSSR count). The van der Waals surface area contributed by atoms with Crippen molar-refractivity contribution in [2.75, 3.05) is 4.90 Å². The third-order valence-electron chi connectivity index (χ3n) is 3.34. The average Bonchev–Trinajstić information content (AvgIpc) is 2.59. The van der Waals surface area contributed by atoms with E-state index in [1.807, 2.05) is 0 Å². The minimum Gasteiger partial charge on any atom is -0.443 e. The van der Waals surface area contributed by atoms with Gasteiger partial charge in [0.05, 0.1) is 18.1 Å². The summed E-state index contributed by atoms with van der Waals surface area (Å²) < 4.78 is 24.2. The SMILES string of the molecule is C=Cc1nc(-c2cncc(F)c2)cnc1N(C(=O)OC(C)(C)C)C(=O)OC(C)(C)C. The Morgan fingerprint density at radius 3 is 2.07 bits per heavy atom. The number of pyridine rings is 1. The van der Waals surface area contributed by atoms with Crippen molar-refractivity contribution in [1.29, 1.82) is 0 Å². The molecule has 0 aliphatic rings. The van der Waals surface area contributed by atoms with Crippen LogP contribution in [0.5, 0.6) is 0 Å². The van der Waals surface area contributed by atoms with Gasteiger partial charge in [-0.3, -0.25) is 4.98 Å². The van der Waals surface area contributed by atoms with E-state index in [9.17, 15) is 14.0 Å². The molecule has 0 bridgehead atoms. The summed E-state index contributed by atoms with van der Waals surface area (Å²) >= 11 is 0. The topological polar surface area (TPSA) is 94.5 Å². The Labute approximate surface area is 174 Å². The lowest BCUT2D eigenvalue weighted by Gasteiger charge is -2.28. The van der Waals surface area contributed by atoms with E-state index in [1.165, 1.54) is 24.5 Å². The molecule has 0 aliphatic heterocycles. The second-order valence-electron chi connectivity index (χ2n) is 8.36. The highest BCUT2D eigenvalue weighted by atomic mass is 19.1. The molecular weight excluding hydrogens is 391 g/mol. The fourth-order valence-corrected chi connectivity index (χ4v) is 2.26. The van der Waals surface area contributed by atoms with Crippen LogP contribution in [0.15, 0.2) is 31.2 Å². The smallest absolute Gasteiger partial charge is 0.425 e. The molecule has 0 atom stereocenters. The first-order valence-electron chi connectivity index (χ1n) is 9.17. The molecule has 8 nitrogen and oxygen atoms in total. The van der Waals surface area contributed by atoms with Gasteiger partial charge in [-0.05, 0) is 53.7 Å². The predicted molar refractivity (Wildman–Crippen MR) is 110 cm³/mol. The fraction of sp³-hybridized carbons (Fsp3) is 0.381. The third-order valence-corrected chi connectivity index (χ3v) is 3.34. The highest BCUT2D eigenvalue weighted by Crippen LogP contribution is 2.26. The number of carbonyl (C=O) groups excluding carboxylic acids is 2. The normalized spacial score (nSPS) is 11.6. The first-order valence-corrected chi connectivity index (χ1v) is 9.17. The molecule has 2 amide bonds. The standard InChI is InChI=1S/C21H25FN4O4/c1-8-15-17(24-12-16(25-15)13-9-14(22)11-23-10-13)26(18(27)29-20(2,3)4)19(28)30-21(5,6)7/h8-12H,1H2,2-7H3. The van der Waals surface area contributed by atoms with Gasteiger partial charge in [-0.15, -0.1) is 0 Å². The van der Waals surface area contributed by atoms with Gasteiger partial charge in [-0.25, -0.2) is 23.9 Å². The minimum absolute atomic E-state index is 0.105. The summed E-state index contributed by atoms with van der Waals surface area (Å²) in [5.41, 5.74) is -0.973. The Hall–Kier alpha value is -3.36. The van der Waals surface area contributed by atoms with E-state index in [0.717, 1.165) is 6.20 Å². The third kappa shape index (κ3) is 6.07. The van der Waals surface area contributed by atoms with Crippen molar-refractivity contribution in [3.63, 3.8) is 0 Å². The Bertz CT molecular complexity index is 936. The average molecular weight is 416 g/mol. The number of hydrogen-bond acceptors (Lipinski definition) is 7. The van der Waals surface area contributed by atoms with Gasteiger partial charge in [0, 0.05) is 11.8 Å². The summed E-state index contributed by atoms with van der Waals surface area (Å²) in [6.07, 6.45) is 3.13. The van der Waals surface area contributed by atoms with Crippen LogP contribution in [-0.2, 0) is 9.47 Å². The lowest BCUT2D eigenvalue weighted by atomic mass is 10.2. The minimum atomic E-state index is -0.977. The van der Waals surface area contributed by atoms with Crippen LogP contribution in [0.4, 0.5) is 19.8 Å². The van der Waals surface area contributed by atoms with Gasteiger partial charge in [0.1, 0.15) is 22.7 Å². The van der Waals surface area contributed by atoms with Crippen molar-refractivity contribution in [3.8, 4) is 11.3 Å². The largest absolute Gasteiger partial charge is 0.443 e. The summed E-state index contributed by atoms with van der Waals surface area (Å²) in [4.78, 5) is 38.6. The molecule has 160 valence electrons. The number of nitrogens with zero attached hydrogens (tertiary/aromatic N) is 4. The molecule has 0 unspecified atom stereocenters. The molecule has 0 radical (unpaired) electrons. The van der Waals surface area contributed by atoms with Crippen LogP contribution in [-0.4, -0.2) is 38.3 Å². The van der Waals surface area contributed by atoms with Crippen molar-refractivity contribution in [2.24, 2.45) is 0 Å². The molecule has 2 heterocycles. The molecule has 30 heavy (non-hydrogen) atoms. The van der Waals surface area contributed by atoms with E-state index in [1.54, 1.807) is 41.5 Å². The quantitative estimate of drug-likeness (QED) is 0.695. The van der Waals surface area contributed by atoms with Crippen LogP contribution in [0.25, 0.3) is 17.3 Å². The molecule has 0 saturated carbocycles. The molecular formula is C21H25FN4O4. The van der Waals surface area contributed by atoms with Crippen LogP contribution in [0.3, 0.4) is 0 Å². The lowest BCUT2D eigenvalue weighted by molar-refractivity contribution is 0.0428. The highest BCUT2D eigenvalue weighted by molar-refractivity contribution is 6.09. The maximum atomic E-state index is 13.5. The summed E-state index contributed by atoms with van der Waals surface area (Å²) in [6.45, 7) is 13.7. The second kappa shape index (κ2) is 8.56. The monoisotopic (exact) mass is 416 g/mol. The fourth-order valence-electron chi connectivity index (χ4n) is 2.26. The first-order chi connectivity index (χ1) is 13.8. The number of ether oxygens (including phenoxy) is 2. The van der Waals surface area contributed by atoms with E-state index in [4.69, 9.17) is 9.47 Å². The van der Waals surface area contributed by atoms with Gasteiger partial charge in [0.25, 0.3) is 0 Å². The highest BCUT2D eigenvalue weighted by Gasteiger charge is 2.35. The molecule has 0 N–H and O–H groups in total. The van der Waals surface area contributed by atoms with Crippen LogP contribution >= 0.6 is 0 Å². The Morgan fingerprint density at radius 1 is 1.03 bits per heavy atom.